The maximum Gasteiger partial charge on any atom is 0.0421 e. The molecular formula is C16H19NS. The van der Waals surface area contributed by atoms with Crippen LogP contribution in [0.1, 0.15) is 30.9 Å². The van der Waals surface area contributed by atoms with E-state index in [1.165, 1.54) is 41.4 Å². The molecule has 0 aliphatic carbocycles. The lowest BCUT2D eigenvalue weighted by atomic mass is 9.95. The van der Waals surface area contributed by atoms with E-state index in [1.807, 2.05) is 11.8 Å². The van der Waals surface area contributed by atoms with Crippen molar-refractivity contribution >= 4 is 22.5 Å². The summed E-state index contributed by atoms with van der Waals surface area (Å²) in [5.74, 6) is 1.27. The molecule has 94 valence electrons. The number of rotatable bonds is 2. The molecule has 2 unspecified atom stereocenters. The minimum atomic E-state index is 0.168. The maximum atomic E-state index is 6.51. The lowest BCUT2D eigenvalue weighted by molar-refractivity contribution is 0.584. The summed E-state index contributed by atoms with van der Waals surface area (Å²) in [4.78, 5) is 0. The molecule has 1 aliphatic rings. The van der Waals surface area contributed by atoms with Gasteiger partial charge in [0.25, 0.3) is 0 Å². The summed E-state index contributed by atoms with van der Waals surface area (Å²) in [6, 6.07) is 15.2. The van der Waals surface area contributed by atoms with E-state index < -0.39 is 0 Å². The smallest absolute Gasteiger partial charge is 0.0421 e. The number of hydrogen-bond acceptors (Lipinski definition) is 2. The van der Waals surface area contributed by atoms with Gasteiger partial charge in [0.15, 0.2) is 0 Å². The molecule has 0 bridgehead atoms. The van der Waals surface area contributed by atoms with Gasteiger partial charge in [-0.05, 0) is 34.9 Å². The molecule has 2 aromatic carbocycles. The average molecular weight is 257 g/mol. The maximum absolute atomic E-state index is 6.51. The fourth-order valence-corrected chi connectivity index (χ4v) is 4.15. The van der Waals surface area contributed by atoms with Crippen LogP contribution in [0.4, 0.5) is 0 Å². The predicted octanol–water partition coefficient (Wildman–Crippen LogP) is 4.13. The van der Waals surface area contributed by atoms with Crippen LogP contribution < -0.4 is 5.73 Å². The number of fused-ring (bicyclic) bond motifs is 1. The number of hydrogen-bond donors (Lipinski definition) is 1. The number of thioether (sulfide) groups is 1. The van der Waals surface area contributed by atoms with Crippen LogP contribution in [0.25, 0.3) is 10.8 Å². The molecule has 2 atom stereocenters. The molecule has 1 fully saturated rings. The molecule has 1 aliphatic heterocycles. The van der Waals surface area contributed by atoms with Gasteiger partial charge in [0.2, 0.25) is 0 Å². The van der Waals surface area contributed by atoms with Gasteiger partial charge in [-0.1, -0.05) is 48.9 Å². The first-order valence-corrected chi connectivity index (χ1v) is 7.76. The lowest BCUT2D eigenvalue weighted by Crippen LogP contribution is -2.26. The minimum Gasteiger partial charge on any atom is -0.323 e. The van der Waals surface area contributed by atoms with Gasteiger partial charge < -0.3 is 5.73 Å². The van der Waals surface area contributed by atoms with Gasteiger partial charge in [-0.15, -0.1) is 0 Å². The van der Waals surface area contributed by atoms with Gasteiger partial charge in [-0.3, -0.25) is 0 Å². The summed E-state index contributed by atoms with van der Waals surface area (Å²) < 4.78 is 0. The van der Waals surface area contributed by atoms with Crippen molar-refractivity contribution in [1.82, 2.24) is 0 Å². The zero-order chi connectivity index (χ0) is 12.4. The van der Waals surface area contributed by atoms with Crippen LogP contribution >= 0.6 is 11.8 Å². The second-order valence-electron chi connectivity index (χ2n) is 5.00. The molecule has 0 spiro atoms. The molecule has 1 heterocycles. The van der Waals surface area contributed by atoms with Gasteiger partial charge in [-0.2, -0.15) is 11.8 Å². The van der Waals surface area contributed by atoms with Crippen LogP contribution in [0.15, 0.2) is 42.5 Å². The molecule has 0 amide bonds. The third-order valence-corrected chi connectivity index (χ3v) is 5.28. The second kappa shape index (κ2) is 5.33. The molecule has 0 radical (unpaired) electrons. The van der Waals surface area contributed by atoms with E-state index in [9.17, 15) is 0 Å². The summed E-state index contributed by atoms with van der Waals surface area (Å²) >= 11 is 2.05. The third-order valence-electron chi connectivity index (χ3n) is 3.80. The van der Waals surface area contributed by atoms with Gasteiger partial charge >= 0.3 is 0 Å². The Morgan fingerprint density at radius 3 is 2.72 bits per heavy atom. The number of benzene rings is 2. The van der Waals surface area contributed by atoms with Crippen molar-refractivity contribution in [2.45, 2.75) is 30.6 Å². The third kappa shape index (κ3) is 2.27. The van der Waals surface area contributed by atoms with Gasteiger partial charge in [-0.25, -0.2) is 0 Å². The van der Waals surface area contributed by atoms with Crippen LogP contribution in [0.3, 0.4) is 0 Å². The van der Waals surface area contributed by atoms with Crippen molar-refractivity contribution in [3.63, 3.8) is 0 Å². The molecule has 1 saturated heterocycles. The monoisotopic (exact) mass is 257 g/mol. The zero-order valence-corrected chi connectivity index (χ0v) is 11.3. The fraction of sp³-hybridized carbons (Fsp3) is 0.375. The van der Waals surface area contributed by atoms with Crippen molar-refractivity contribution < 1.29 is 0 Å². The van der Waals surface area contributed by atoms with Crippen LogP contribution in [0.2, 0.25) is 0 Å². The average Bonchev–Trinajstić information content (AvgIpc) is 2.47. The summed E-state index contributed by atoms with van der Waals surface area (Å²) in [5.41, 5.74) is 7.83. The van der Waals surface area contributed by atoms with Gasteiger partial charge in [0.05, 0.1) is 0 Å². The van der Waals surface area contributed by atoms with E-state index in [1.54, 1.807) is 0 Å². The molecule has 3 rings (SSSR count). The van der Waals surface area contributed by atoms with E-state index in [0.717, 1.165) is 0 Å². The first-order valence-electron chi connectivity index (χ1n) is 6.71. The standard InChI is InChI=1S/C16H19NS/c17-16(15-10-3-4-11-18-15)14-9-5-7-12-6-1-2-8-13(12)14/h1-2,5-9,15-16H,3-4,10-11,17H2. The van der Waals surface area contributed by atoms with E-state index >= 15 is 0 Å². The highest BCUT2D eigenvalue weighted by Gasteiger charge is 2.23. The van der Waals surface area contributed by atoms with Crippen LogP contribution in [-0.4, -0.2) is 11.0 Å². The Hall–Kier alpha value is -0.990. The summed E-state index contributed by atoms with van der Waals surface area (Å²) in [5, 5.41) is 3.20. The van der Waals surface area contributed by atoms with Gasteiger partial charge in [0.1, 0.15) is 0 Å². The zero-order valence-electron chi connectivity index (χ0n) is 10.5. The Balaban J connectivity index is 1.97. The Morgan fingerprint density at radius 2 is 1.89 bits per heavy atom. The van der Waals surface area contributed by atoms with Gasteiger partial charge in [0, 0.05) is 11.3 Å². The Kier molecular flexibility index (Phi) is 3.57. The van der Waals surface area contributed by atoms with E-state index in [0.29, 0.717) is 5.25 Å². The van der Waals surface area contributed by atoms with Crippen LogP contribution in [0.5, 0.6) is 0 Å². The second-order valence-corrected chi connectivity index (χ2v) is 6.35. The minimum absolute atomic E-state index is 0.168. The highest BCUT2D eigenvalue weighted by Crippen LogP contribution is 2.35. The van der Waals surface area contributed by atoms with Crippen molar-refractivity contribution in [1.29, 1.82) is 0 Å². The molecule has 2 aromatic rings. The molecule has 1 nitrogen and oxygen atoms in total. The van der Waals surface area contributed by atoms with E-state index in [-0.39, 0.29) is 6.04 Å². The van der Waals surface area contributed by atoms with Crippen molar-refractivity contribution in [2.24, 2.45) is 5.73 Å². The van der Waals surface area contributed by atoms with Crippen molar-refractivity contribution in [3.05, 3.63) is 48.0 Å². The van der Waals surface area contributed by atoms with Crippen molar-refractivity contribution in [3.8, 4) is 0 Å². The highest BCUT2D eigenvalue weighted by atomic mass is 32.2. The first-order chi connectivity index (χ1) is 8.86. The fourth-order valence-electron chi connectivity index (χ4n) is 2.79. The van der Waals surface area contributed by atoms with E-state index in [2.05, 4.69) is 42.5 Å². The van der Waals surface area contributed by atoms with Crippen LogP contribution in [-0.2, 0) is 0 Å². The summed E-state index contributed by atoms with van der Waals surface area (Å²) in [7, 11) is 0. The Bertz CT molecular complexity index is 526. The van der Waals surface area contributed by atoms with Crippen molar-refractivity contribution in [2.75, 3.05) is 5.75 Å². The first kappa shape index (κ1) is 12.1. The summed E-state index contributed by atoms with van der Waals surface area (Å²) in [6.45, 7) is 0. The largest absolute Gasteiger partial charge is 0.323 e. The SMILES string of the molecule is NC(c1cccc2ccccc12)C1CCCCS1. The van der Waals surface area contributed by atoms with E-state index in [4.69, 9.17) is 5.73 Å². The summed E-state index contributed by atoms with van der Waals surface area (Å²) in [6.07, 6.45) is 3.94. The predicted molar refractivity (Wildman–Crippen MR) is 81.0 cm³/mol. The molecule has 0 saturated carbocycles. The Labute approximate surface area is 113 Å². The molecule has 2 N–H and O–H groups in total. The van der Waals surface area contributed by atoms with Crippen LogP contribution in [0, 0.1) is 0 Å². The molecule has 2 heteroatoms. The molecular weight excluding hydrogens is 238 g/mol. The lowest BCUT2D eigenvalue weighted by Gasteiger charge is -2.28. The Morgan fingerprint density at radius 1 is 1.06 bits per heavy atom. The number of nitrogens with two attached hydrogens (primary N) is 1. The molecule has 0 aromatic heterocycles. The quantitative estimate of drug-likeness (QED) is 0.875. The topological polar surface area (TPSA) is 26.0 Å². The molecule has 18 heavy (non-hydrogen) atoms. The highest BCUT2D eigenvalue weighted by molar-refractivity contribution is 8.00. The normalized spacial score (nSPS) is 21.9.